The molecule has 1 unspecified atom stereocenters. The van der Waals surface area contributed by atoms with Crippen molar-refractivity contribution < 1.29 is 13.9 Å². The molecule has 20 heavy (non-hydrogen) atoms. The number of nitrogens with zero attached hydrogens (tertiary/aromatic N) is 2. The van der Waals surface area contributed by atoms with Crippen molar-refractivity contribution >= 4 is 5.95 Å². The van der Waals surface area contributed by atoms with E-state index < -0.39 is 5.82 Å². The molecule has 1 atom stereocenters. The molecule has 2 rings (SSSR count). The quantitative estimate of drug-likeness (QED) is 0.910. The topological polar surface area (TPSA) is 56.3 Å². The summed E-state index contributed by atoms with van der Waals surface area (Å²) in [6, 6.07) is 5.57. The maximum atomic E-state index is 12.7. The molecular weight excluding hydrogens is 261 g/mol. The van der Waals surface area contributed by atoms with E-state index in [1.807, 2.05) is 25.1 Å². The van der Waals surface area contributed by atoms with E-state index in [0.29, 0.717) is 17.4 Å². The van der Waals surface area contributed by atoms with Gasteiger partial charge in [-0.05, 0) is 24.6 Å². The Kier molecular flexibility index (Phi) is 4.34. The molecule has 106 valence electrons. The number of methoxy groups -OCH3 is 2. The van der Waals surface area contributed by atoms with Crippen LogP contribution in [0.25, 0.3) is 0 Å². The van der Waals surface area contributed by atoms with Gasteiger partial charge in [-0.25, -0.2) is 14.4 Å². The summed E-state index contributed by atoms with van der Waals surface area (Å²) < 4.78 is 23.2. The van der Waals surface area contributed by atoms with E-state index in [4.69, 9.17) is 9.47 Å². The Labute approximate surface area is 116 Å². The minimum atomic E-state index is -0.464. The standard InChI is InChI=1S/C14H16FN3O2/c1-9(18-14-16-7-11(15)8-17-14)10-4-5-12(19-2)13(6-10)20-3/h4-9H,1-3H3,(H,16,17,18). The molecule has 0 fully saturated rings. The molecule has 2 aromatic rings. The normalized spacial score (nSPS) is 11.8. The van der Waals surface area contributed by atoms with Crippen LogP contribution in [-0.2, 0) is 0 Å². The van der Waals surface area contributed by atoms with Crippen molar-refractivity contribution in [3.63, 3.8) is 0 Å². The minimum Gasteiger partial charge on any atom is -0.493 e. The third-order valence-corrected chi connectivity index (χ3v) is 2.87. The molecule has 0 aliphatic heterocycles. The molecule has 6 heteroatoms. The van der Waals surface area contributed by atoms with Crippen LogP contribution in [0, 0.1) is 5.82 Å². The maximum Gasteiger partial charge on any atom is 0.223 e. The Hall–Kier alpha value is -2.37. The lowest BCUT2D eigenvalue weighted by molar-refractivity contribution is 0.354. The van der Waals surface area contributed by atoms with E-state index in [9.17, 15) is 4.39 Å². The molecule has 1 heterocycles. The van der Waals surface area contributed by atoms with Crippen LogP contribution in [0.5, 0.6) is 11.5 Å². The lowest BCUT2D eigenvalue weighted by Crippen LogP contribution is -2.09. The average molecular weight is 277 g/mol. The summed E-state index contributed by atoms with van der Waals surface area (Å²) in [5.74, 6) is 1.23. The molecule has 1 aromatic heterocycles. The third-order valence-electron chi connectivity index (χ3n) is 2.87. The Morgan fingerprint density at radius 1 is 1.10 bits per heavy atom. The van der Waals surface area contributed by atoms with Crippen LogP contribution in [0.3, 0.4) is 0 Å². The summed E-state index contributed by atoms with van der Waals surface area (Å²) in [6.45, 7) is 1.95. The van der Waals surface area contributed by atoms with Crippen molar-refractivity contribution in [2.75, 3.05) is 19.5 Å². The fourth-order valence-corrected chi connectivity index (χ4v) is 1.79. The van der Waals surface area contributed by atoms with Crippen molar-refractivity contribution in [3.8, 4) is 11.5 Å². The number of halogens is 1. The number of rotatable bonds is 5. The monoisotopic (exact) mass is 277 g/mol. The second-order valence-electron chi connectivity index (χ2n) is 4.21. The second kappa shape index (κ2) is 6.18. The van der Waals surface area contributed by atoms with Gasteiger partial charge in [0.25, 0.3) is 0 Å². The Balaban J connectivity index is 2.16. The first kappa shape index (κ1) is 14.0. The fraction of sp³-hybridized carbons (Fsp3) is 0.286. The van der Waals surface area contributed by atoms with Crippen molar-refractivity contribution in [3.05, 3.63) is 42.0 Å². The van der Waals surface area contributed by atoms with Crippen LogP contribution in [0.4, 0.5) is 10.3 Å². The summed E-state index contributed by atoms with van der Waals surface area (Å²) in [6.07, 6.45) is 2.24. The van der Waals surface area contributed by atoms with Crippen LogP contribution in [0.1, 0.15) is 18.5 Å². The number of aromatic nitrogens is 2. The number of nitrogens with one attached hydrogen (secondary N) is 1. The predicted molar refractivity (Wildman–Crippen MR) is 73.6 cm³/mol. The molecule has 0 aliphatic rings. The molecule has 5 nitrogen and oxygen atoms in total. The van der Waals surface area contributed by atoms with E-state index in [1.165, 1.54) is 0 Å². The lowest BCUT2D eigenvalue weighted by atomic mass is 10.1. The van der Waals surface area contributed by atoms with E-state index >= 15 is 0 Å². The van der Waals surface area contributed by atoms with Gasteiger partial charge in [0.05, 0.1) is 32.7 Å². The van der Waals surface area contributed by atoms with E-state index in [1.54, 1.807) is 14.2 Å². The van der Waals surface area contributed by atoms with Crippen molar-refractivity contribution in [2.24, 2.45) is 0 Å². The highest BCUT2D eigenvalue weighted by Crippen LogP contribution is 2.30. The van der Waals surface area contributed by atoms with Gasteiger partial charge in [0.1, 0.15) is 0 Å². The molecule has 0 bridgehead atoms. The summed E-state index contributed by atoms with van der Waals surface area (Å²) in [5, 5.41) is 3.09. The van der Waals surface area contributed by atoms with Crippen molar-refractivity contribution in [2.45, 2.75) is 13.0 Å². The molecule has 0 saturated carbocycles. The predicted octanol–water partition coefficient (Wildman–Crippen LogP) is 2.81. The molecule has 0 saturated heterocycles. The number of hydrogen-bond acceptors (Lipinski definition) is 5. The first-order valence-corrected chi connectivity index (χ1v) is 6.10. The summed E-state index contributed by atoms with van der Waals surface area (Å²) in [5.41, 5.74) is 0.982. The second-order valence-corrected chi connectivity index (χ2v) is 4.21. The van der Waals surface area contributed by atoms with Crippen LogP contribution < -0.4 is 14.8 Å². The Morgan fingerprint density at radius 3 is 2.35 bits per heavy atom. The fourth-order valence-electron chi connectivity index (χ4n) is 1.79. The van der Waals surface area contributed by atoms with Crippen LogP contribution in [0.15, 0.2) is 30.6 Å². The summed E-state index contributed by atoms with van der Waals surface area (Å²) in [4.78, 5) is 7.73. The van der Waals surface area contributed by atoms with Gasteiger partial charge in [-0.15, -0.1) is 0 Å². The molecule has 0 spiro atoms. The van der Waals surface area contributed by atoms with Crippen molar-refractivity contribution in [1.82, 2.24) is 9.97 Å². The molecule has 0 amide bonds. The minimum absolute atomic E-state index is 0.0553. The van der Waals surface area contributed by atoms with E-state index in [2.05, 4.69) is 15.3 Å². The zero-order valence-electron chi connectivity index (χ0n) is 11.6. The average Bonchev–Trinajstić information content (AvgIpc) is 2.48. The largest absolute Gasteiger partial charge is 0.493 e. The molecule has 1 N–H and O–H groups in total. The van der Waals surface area contributed by atoms with Gasteiger partial charge >= 0.3 is 0 Å². The van der Waals surface area contributed by atoms with Gasteiger partial charge < -0.3 is 14.8 Å². The van der Waals surface area contributed by atoms with Crippen molar-refractivity contribution in [1.29, 1.82) is 0 Å². The maximum absolute atomic E-state index is 12.7. The molecule has 0 radical (unpaired) electrons. The summed E-state index contributed by atoms with van der Waals surface area (Å²) in [7, 11) is 3.17. The Bertz CT molecular complexity index is 575. The number of benzene rings is 1. The lowest BCUT2D eigenvalue weighted by Gasteiger charge is -2.16. The molecular formula is C14H16FN3O2. The highest BCUT2D eigenvalue weighted by Gasteiger charge is 2.11. The van der Waals surface area contributed by atoms with Gasteiger partial charge in [0, 0.05) is 0 Å². The summed E-state index contributed by atoms with van der Waals surface area (Å²) >= 11 is 0. The van der Waals surface area contributed by atoms with Gasteiger partial charge in [-0.3, -0.25) is 0 Å². The third kappa shape index (κ3) is 3.14. The molecule has 0 aliphatic carbocycles. The number of anilines is 1. The van der Waals surface area contributed by atoms with E-state index in [0.717, 1.165) is 18.0 Å². The zero-order chi connectivity index (χ0) is 14.5. The zero-order valence-corrected chi connectivity index (χ0v) is 11.6. The Morgan fingerprint density at radius 2 is 1.75 bits per heavy atom. The SMILES string of the molecule is COc1ccc(C(C)Nc2ncc(F)cn2)cc1OC. The highest BCUT2D eigenvalue weighted by molar-refractivity contribution is 5.45. The first-order valence-electron chi connectivity index (χ1n) is 6.10. The van der Waals surface area contributed by atoms with Gasteiger partial charge in [0.15, 0.2) is 17.3 Å². The van der Waals surface area contributed by atoms with Gasteiger partial charge in [0.2, 0.25) is 5.95 Å². The highest BCUT2D eigenvalue weighted by atomic mass is 19.1. The molecule has 1 aromatic carbocycles. The smallest absolute Gasteiger partial charge is 0.223 e. The van der Waals surface area contributed by atoms with E-state index in [-0.39, 0.29) is 6.04 Å². The van der Waals surface area contributed by atoms with Gasteiger partial charge in [-0.2, -0.15) is 0 Å². The number of ether oxygens (including phenoxy) is 2. The van der Waals surface area contributed by atoms with Crippen LogP contribution in [-0.4, -0.2) is 24.2 Å². The van der Waals surface area contributed by atoms with Gasteiger partial charge in [-0.1, -0.05) is 6.07 Å². The number of hydrogen-bond donors (Lipinski definition) is 1. The first-order chi connectivity index (χ1) is 9.63. The van der Waals surface area contributed by atoms with Crippen LogP contribution >= 0.6 is 0 Å². The van der Waals surface area contributed by atoms with Crippen LogP contribution in [0.2, 0.25) is 0 Å².